The summed E-state index contributed by atoms with van der Waals surface area (Å²) in [5.41, 5.74) is 0.209. The summed E-state index contributed by atoms with van der Waals surface area (Å²) in [7, 11) is 0. The molecule has 0 aromatic rings. The molecule has 1 aliphatic heterocycles. The first-order valence-electron chi connectivity index (χ1n) is 6.96. The molecule has 1 heterocycles. The van der Waals surface area contributed by atoms with Gasteiger partial charge in [-0.2, -0.15) is 0 Å². The highest BCUT2D eigenvalue weighted by atomic mass is 16.5. The molecule has 0 amide bonds. The maximum atomic E-state index is 12.0. The molecule has 0 aromatic heterocycles. The number of hydrogen-bond donors (Lipinski definition) is 0. The first kappa shape index (κ1) is 10.8. The van der Waals surface area contributed by atoms with Crippen LogP contribution in [0.5, 0.6) is 0 Å². The summed E-state index contributed by atoms with van der Waals surface area (Å²) < 4.78 is 5.95. The Kier molecular flexibility index (Phi) is 2.78. The van der Waals surface area contributed by atoms with E-state index in [2.05, 4.69) is 0 Å². The Morgan fingerprint density at radius 2 is 2.00 bits per heavy atom. The molecule has 0 aromatic carbocycles. The van der Waals surface area contributed by atoms with Crippen LogP contribution in [-0.4, -0.2) is 18.0 Å². The zero-order valence-corrected chi connectivity index (χ0v) is 10.0. The molecule has 2 saturated carbocycles. The van der Waals surface area contributed by atoms with E-state index in [0.29, 0.717) is 17.6 Å². The minimum atomic E-state index is 0.209. The standard InChI is InChI=1S/C14H22O2/c15-13-5-2-1-4-12(13)11-6-9-16-14(10-11)7-3-8-14/h11-12H,1-10H2. The summed E-state index contributed by atoms with van der Waals surface area (Å²) in [5, 5.41) is 0. The Balaban J connectivity index is 1.67. The van der Waals surface area contributed by atoms with Crippen LogP contribution in [0.3, 0.4) is 0 Å². The summed E-state index contributed by atoms with van der Waals surface area (Å²) in [4.78, 5) is 12.0. The smallest absolute Gasteiger partial charge is 0.136 e. The van der Waals surface area contributed by atoms with Crippen molar-refractivity contribution in [1.82, 2.24) is 0 Å². The quantitative estimate of drug-likeness (QED) is 0.681. The Hall–Kier alpha value is -0.370. The molecule has 1 spiro atoms. The number of hydrogen-bond acceptors (Lipinski definition) is 2. The van der Waals surface area contributed by atoms with Gasteiger partial charge in [0.15, 0.2) is 0 Å². The van der Waals surface area contributed by atoms with Crippen LogP contribution >= 0.6 is 0 Å². The molecule has 3 fully saturated rings. The lowest BCUT2D eigenvalue weighted by molar-refractivity contribution is -0.156. The molecule has 3 aliphatic rings. The van der Waals surface area contributed by atoms with Gasteiger partial charge in [-0.25, -0.2) is 0 Å². The molecule has 0 radical (unpaired) electrons. The van der Waals surface area contributed by atoms with Crippen molar-refractivity contribution in [2.45, 2.75) is 63.4 Å². The molecule has 2 nitrogen and oxygen atoms in total. The first-order valence-corrected chi connectivity index (χ1v) is 6.96. The third-order valence-corrected chi connectivity index (χ3v) is 4.97. The Morgan fingerprint density at radius 1 is 1.12 bits per heavy atom. The van der Waals surface area contributed by atoms with Gasteiger partial charge in [0, 0.05) is 18.9 Å². The lowest BCUT2D eigenvalue weighted by Gasteiger charge is -2.49. The van der Waals surface area contributed by atoms with Gasteiger partial charge in [-0.3, -0.25) is 4.79 Å². The third kappa shape index (κ3) is 1.81. The van der Waals surface area contributed by atoms with E-state index >= 15 is 0 Å². The van der Waals surface area contributed by atoms with Crippen molar-refractivity contribution in [3.05, 3.63) is 0 Å². The SMILES string of the molecule is O=C1CCCCC1C1CCOC2(CCC2)C1. The van der Waals surface area contributed by atoms with E-state index in [9.17, 15) is 4.79 Å². The second kappa shape index (κ2) is 4.14. The molecule has 2 atom stereocenters. The monoisotopic (exact) mass is 222 g/mol. The highest BCUT2D eigenvalue weighted by Crippen LogP contribution is 2.47. The van der Waals surface area contributed by atoms with Crippen molar-refractivity contribution in [2.75, 3.05) is 6.61 Å². The average molecular weight is 222 g/mol. The number of ketones is 1. The molecule has 1 saturated heterocycles. The number of Topliss-reactive ketones (excluding diaryl/α,β-unsaturated/α-hetero) is 1. The van der Waals surface area contributed by atoms with Gasteiger partial charge >= 0.3 is 0 Å². The van der Waals surface area contributed by atoms with Crippen molar-refractivity contribution in [1.29, 1.82) is 0 Å². The van der Waals surface area contributed by atoms with E-state index in [1.807, 2.05) is 0 Å². The molecule has 90 valence electrons. The van der Waals surface area contributed by atoms with Crippen molar-refractivity contribution in [2.24, 2.45) is 11.8 Å². The minimum absolute atomic E-state index is 0.209. The van der Waals surface area contributed by atoms with Crippen LogP contribution < -0.4 is 0 Å². The zero-order chi connectivity index (χ0) is 11.0. The predicted molar refractivity (Wildman–Crippen MR) is 62.2 cm³/mol. The number of carbonyl (C=O) groups excluding carboxylic acids is 1. The molecule has 2 heteroatoms. The molecule has 2 unspecified atom stereocenters. The van der Waals surface area contributed by atoms with E-state index < -0.39 is 0 Å². The second-order valence-corrected chi connectivity index (χ2v) is 5.96. The number of carbonyl (C=O) groups is 1. The molecule has 0 N–H and O–H groups in total. The molecule has 3 rings (SSSR count). The van der Waals surface area contributed by atoms with Gasteiger partial charge in [0.1, 0.15) is 5.78 Å². The third-order valence-electron chi connectivity index (χ3n) is 4.97. The van der Waals surface area contributed by atoms with Gasteiger partial charge < -0.3 is 4.74 Å². The van der Waals surface area contributed by atoms with Crippen molar-refractivity contribution in [3.63, 3.8) is 0 Å². The Bertz CT molecular complexity index is 280. The van der Waals surface area contributed by atoms with E-state index in [1.165, 1.54) is 32.1 Å². The molecule has 16 heavy (non-hydrogen) atoms. The fourth-order valence-electron chi connectivity index (χ4n) is 3.84. The summed E-state index contributed by atoms with van der Waals surface area (Å²) >= 11 is 0. The lowest BCUT2D eigenvalue weighted by Crippen LogP contribution is -2.48. The zero-order valence-electron chi connectivity index (χ0n) is 10.0. The van der Waals surface area contributed by atoms with Gasteiger partial charge in [0.25, 0.3) is 0 Å². The maximum Gasteiger partial charge on any atom is 0.136 e. The minimum Gasteiger partial charge on any atom is -0.375 e. The highest BCUT2D eigenvalue weighted by molar-refractivity contribution is 5.81. The van der Waals surface area contributed by atoms with Crippen molar-refractivity contribution in [3.8, 4) is 0 Å². The van der Waals surface area contributed by atoms with Crippen LogP contribution in [0.2, 0.25) is 0 Å². The topological polar surface area (TPSA) is 26.3 Å². The summed E-state index contributed by atoms with van der Waals surface area (Å²) in [6, 6.07) is 0. The molecular weight excluding hydrogens is 200 g/mol. The van der Waals surface area contributed by atoms with Crippen LogP contribution in [0.15, 0.2) is 0 Å². The second-order valence-electron chi connectivity index (χ2n) is 5.96. The van der Waals surface area contributed by atoms with E-state index in [1.54, 1.807) is 0 Å². The van der Waals surface area contributed by atoms with Gasteiger partial charge in [-0.15, -0.1) is 0 Å². The van der Waals surface area contributed by atoms with Crippen molar-refractivity contribution >= 4 is 5.78 Å². The summed E-state index contributed by atoms with van der Waals surface area (Å²) in [5.74, 6) is 1.57. The van der Waals surface area contributed by atoms with Crippen LogP contribution in [0, 0.1) is 11.8 Å². The highest BCUT2D eigenvalue weighted by Gasteiger charge is 2.45. The average Bonchev–Trinajstić information content (AvgIpc) is 2.28. The van der Waals surface area contributed by atoms with E-state index in [0.717, 1.165) is 32.3 Å². The maximum absolute atomic E-state index is 12.0. The molecule has 0 bridgehead atoms. The van der Waals surface area contributed by atoms with Crippen LogP contribution in [0.1, 0.15) is 57.8 Å². The molecule has 2 aliphatic carbocycles. The van der Waals surface area contributed by atoms with E-state index in [-0.39, 0.29) is 5.60 Å². The van der Waals surface area contributed by atoms with Crippen molar-refractivity contribution < 1.29 is 9.53 Å². The number of ether oxygens (including phenoxy) is 1. The van der Waals surface area contributed by atoms with Gasteiger partial charge in [0.05, 0.1) is 5.60 Å². The van der Waals surface area contributed by atoms with Gasteiger partial charge in [-0.1, -0.05) is 6.42 Å². The lowest BCUT2D eigenvalue weighted by atomic mass is 9.66. The van der Waals surface area contributed by atoms with Gasteiger partial charge in [0.2, 0.25) is 0 Å². The van der Waals surface area contributed by atoms with Crippen LogP contribution in [0.4, 0.5) is 0 Å². The summed E-state index contributed by atoms with van der Waals surface area (Å²) in [6.07, 6.45) is 10.5. The van der Waals surface area contributed by atoms with E-state index in [4.69, 9.17) is 4.74 Å². The fourth-order valence-corrected chi connectivity index (χ4v) is 3.84. The van der Waals surface area contributed by atoms with Gasteiger partial charge in [-0.05, 0) is 50.9 Å². The largest absolute Gasteiger partial charge is 0.375 e. The summed E-state index contributed by atoms with van der Waals surface area (Å²) in [6.45, 7) is 0.897. The van der Waals surface area contributed by atoms with Crippen LogP contribution in [-0.2, 0) is 9.53 Å². The Morgan fingerprint density at radius 3 is 2.69 bits per heavy atom. The predicted octanol–water partition coefficient (Wildman–Crippen LogP) is 3.10. The fraction of sp³-hybridized carbons (Fsp3) is 0.929. The number of rotatable bonds is 1. The first-order chi connectivity index (χ1) is 7.79. The molecular formula is C14H22O2. The normalized spacial score (nSPS) is 38.4. The van der Waals surface area contributed by atoms with Crippen LogP contribution in [0.25, 0.3) is 0 Å². The Labute approximate surface area is 97.7 Å².